The van der Waals surface area contributed by atoms with Crippen LogP contribution in [0.4, 0.5) is 61.5 Å². The second-order valence-electron chi connectivity index (χ2n) is 5.45. The molecule has 0 heterocycles. The highest BCUT2D eigenvalue weighted by Gasteiger charge is 2.79. The number of halogens is 14. The quantitative estimate of drug-likeness (QED) is 0.413. The molecule has 0 saturated heterocycles. The van der Waals surface area contributed by atoms with E-state index in [4.69, 9.17) is 0 Å². The van der Waals surface area contributed by atoms with E-state index in [0.29, 0.717) is 6.92 Å². The van der Waals surface area contributed by atoms with Crippen molar-refractivity contribution in [3.05, 3.63) is 0 Å². The first-order chi connectivity index (χ1) is 12.9. The first-order valence-electron chi connectivity index (χ1n) is 6.97. The summed E-state index contributed by atoms with van der Waals surface area (Å²) in [6.45, 7) is -1.27. The lowest BCUT2D eigenvalue weighted by Crippen LogP contribution is -2.60. The average Bonchev–Trinajstić information content (AvgIpc) is 2.48. The Bertz CT molecular complexity index is 601. The predicted molar refractivity (Wildman–Crippen MR) is 63.0 cm³/mol. The fraction of sp³-hybridized carbons (Fsp3) is 0.833. The molecule has 0 aliphatic heterocycles. The molecule has 0 saturated carbocycles. The molecule has 0 amide bonds. The van der Waals surface area contributed by atoms with Gasteiger partial charge in [-0.2, -0.15) is 52.7 Å². The van der Waals surface area contributed by atoms with Crippen LogP contribution in [0.1, 0.15) is 13.3 Å². The summed E-state index contributed by atoms with van der Waals surface area (Å²) < 4.78 is 181. The van der Waals surface area contributed by atoms with Crippen molar-refractivity contribution >= 4 is 11.9 Å². The zero-order valence-electron chi connectivity index (χ0n) is 13.9. The van der Waals surface area contributed by atoms with Gasteiger partial charge in [-0.15, -0.1) is 0 Å². The van der Waals surface area contributed by atoms with Gasteiger partial charge in [0.05, 0.1) is 6.61 Å². The van der Waals surface area contributed by atoms with E-state index in [1.807, 2.05) is 0 Å². The van der Waals surface area contributed by atoms with Gasteiger partial charge in [0.1, 0.15) is 6.10 Å². The van der Waals surface area contributed by atoms with Gasteiger partial charge in [0.15, 0.2) is 0 Å². The Morgan fingerprint density at radius 1 is 0.633 bits per heavy atom. The minimum absolute atomic E-state index is 0.426. The van der Waals surface area contributed by atoms with E-state index in [2.05, 4.69) is 9.47 Å². The minimum atomic E-state index is -6.85. The molecule has 30 heavy (non-hydrogen) atoms. The summed E-state index contributed by atoms with van der Waals surface area (Å²) in [4.78, 5) is 21.9. The molecule has 0 bridgehead atoms. The van der Waals surface area contributed by atoms with Gasteiger partial charge in [-0.25, -0.2) is 18.4 Å². The lowest BCUT2D eigenvalue weighted by molar-refractivity contribution is -0.334. The van der Waals surface area contributed by atoms with Crippen LogP contribution in [0.25, 0.3) is 0 Å². The van der Waals surface area contributed by atoms with Gasteiger partial charge >= 0.3 is 48.0 Å². The molecule has 0 rings (SSSR count). The molecule has 0 radical (unpaired) electrons. The van der Waals surface area contributed by atoms with Crippen molar-refractivity contribution in [2.24, 2.45) is 0 Å². The maximum atomic E-state index is 13.3. The van der Waals surface area contributed by atoms with Crippen LogP contribution in [-0.4, -0.2) is 60.7 Å². The number of ether oxygens (including phenoxy) is 2. The van der Waals surface area contributed by atoms with Gasteiger partial charge in [-0.3, -0.25) is 0 Å². The van der Waals surface area contributed by atoms with E-state index in [9.17, 15) is 71.1 Å². The molecule has 178 valence electrons. The maximum Gasteiger partial charge on any atom is 0.442 e. The lowest BCUT2D eigenvalue weighted by atomic mass is 10.1. The van der Waals surface area contributed by atoms with Gasteiger partial charge in [0, 0.05) is 6.42 Å². The van der Waals surface area contributed by atoms with Crippen LogP contribution in [0.5, 0.6) is 0 Å². The third-order valence-corrected chi connectivity index (χ3v) is 3.19. The van der Waals surface area contributed by atoms with E-state index >= 15 is 0 Å². The van der Waals surface area contributed by atoms with Crippen LogP contribution < -0.4 is 0 Å². The van der Waals surface area contributed by atoms with Gasteiger partial charge in [-0.05, 0) is 6.92 Å². The number of esters is 2. The normalized spacial score (nSPS) is 15.6. The molecule has 0 spiro atoms. The Labute approximate surface area is 156 Å². The van der Waals surface area contributed by atoms with Crippen molar-refractivity contribution in [2.75, 3.05) is 6.61 Å². The molecule has 0 aliphatic carbocycles. The Morgan fingerprint density at radius 2 is 0.933 bits per heavy atom. The Hall–Kier alpha value is -2.04. The molecule has 0 aliphatic rings. The fourth-order valence-electron chi connectivity index (χ4n) is 1.52. The third kappa shape index (κ3) is 5.16. The van der Waals surface area contributed by atoms with Crippen molar-refractivity contribution in [1.29, 1.82) is 0 Å². The molecule has 0 aromatic rings. The number of hydrogen-bond donors (Lipinski definition) is 0. The summed E-state index contributed by atoms with van der Waals surface area (Å²) in [7, 11) is 0. The smallest absolute Gasteiger partial charge is 0.442 e. The van der Waals surface area contributed by atoms with Gasteiger partial charge in [-0.1, -0.05) is 0 Å². The summed E-state index contributed by atoms with van der Waals surface area (Å²) in [6.07, 6.45) is -30.9. The molecular formula is C12H8F14O4. The predicted octanol–water partition coefficient (Wildman–Crippen LogP) is 4.52. The van der Waals surface area contributed by atoms with Crippen molar-refractivity contribution < 1.29 is 80.5 Å². The summed E-state index contributed by atoms with van der Waals surface area (Å²) in [5.41, 5.74) is -13.0. The van der Waals surface area contributed by atoms with Crippen molar-refractivity contribution in [3.63, 3.8) is 0 Å². The molecule has 1 atom stereocenters. The summed E-state index contributed by atoms with van der Waals surface area (Å²) in [5, 5.41) is 0. The zero-order valence-corrected chi connectivity index (χ0v) is 13.9. The van der Waals surface area contributed by atoms with E-state index in [1.54, 1.807) is 0 Å². The lowest BCUT2D eigenvalue weighted by Gasteiger charge is -2.29. The molecule has 0 fully saturated rings. The van der Waals surface area contributed by atoms with Crippen LogP contribution in [0.15, 0.2) is 0 Å². The van der Waals surface area contributed by atoms with Gasteiger partial charge in [0.2, 0.25) is 0 Å². The SMILES string of the molecule is CC(CCOC(=O)C(F)(C(F)(F)F)C(F)(F)F)OC(=O)C(F)(C(F)(F)F)C(F)(F)F. The highest BCUT2D eigenvalue weighted by atomic mass is 19.4. The molecule has 18 heteroatoms. The van der Waals surface area contributed by atoms with Crippen LogP contribution >= 0.6 is 0 Å². The van der Waals surface area contributed by atoms with Crippen LogP contribution in [-0.2, 0) is 19.1 Å². The average molecular weight is 482 g/mol. The topological polar surface area (TPSA) is 52.6 Å². The number of carbonyl (C=O) groups excluding carboxylic acids is 2. The summed E-state index contributed by atoms with van der Waals surface area (Å²) >= 11 is 0. The number of hydrogen-bond acceptors (Lipinski definition) is 4. The van der Waals surface area contributed by atoms with E-state index < -0.39 is 67.1 Å². The molecule has 1 unspecified atom stereocenters. The van der Waals surface area contributed by atoms with Crippen molar-refractivity contribution in [3.8, 4) is 0 Å². The van der Waals surface area contributed by atoms with Gasteiger partial charge in [0.25, 0.3) is 0 Å². The first-order valence-corrected chi connectivity index (χ1v) is 6.97. The molecular weight excluding hydrogens is 474 g/mol. The van der Waals surface area contributed by atoms with Crippen molar-refractivity contribution in [2.45, 2.75) is 55.5 Å². The largest absolute Gasteiger partial charge is 0.463 e. The molecule has 0 aromatic carbocycles. The number of rotatable bonds is 6. The first kappa shape index (κ1) is 28.0. The fourth-order valence-corrected chi connectivity index (χ4v) is 1.52. The Balaban J connectivity index is 5.20. The number of carbonyl (C=O) groups is 2. The second kappa shape index (κ2) is 8.24. The van der Waals surface area contributed by atoms with Crippen molar-refractivity contribution in [1.82, 2.24) is 0 Å². The Morgan fingerprint density at radius 3 is 1.23 bits per heavy atom. The molecule has 0 N–H and O–H groups in total. The van der Waals surface area contributed by atoms with Crippen LogP contribution in [0.3, 0.4) is 0 Å². The highest BCUT2D eigenvalue weighted by molar-refractivity contribution is 5.82. The standard InChI is InChI=1S/C12H8F14O4/c1-4(30-6(28)8(14,11(21,22)23)12(24,25)26)2-3-29-5(27)7(13,9(15,16)17)10(18,19)20/h4H,2-3H2,1H3. The van der Waals surface area contributed by atoms with Crippen LogP contribution in [0, 0.1) is 0 Å². The molecule has 4 nitrogen and oxygen atoms in total. The Kier molecular flexibility index (Phi) is 7.68. The van der Waals surface area contributed by atoms with Gasteiger partial charge < -0.3 is 9.47 Å². The minimum Gasteiger partial charge on any atom is -0.463 e. The summed E-state index contributed by atoms with van der Waals surface area (Å²) in [5.74, 6) is -7.10. The van der Waals surface area contributed by atoms with Crippen LogP contribution in [0.2, 0.25) is 0 Å². The second-order valence-corrected chi connectivity index (χ2v) is 5.45. The van der Waals surface area contributed by atoms with E-state index in [1.165, 1.54) is 0 Å². The molecule has 0 aromatic heterocycles. The zero-order chi connectivity index (χ0) is 24.6. The third-order valence-electron chi connectivity index (χ3n) is 3.19. The number of alkyl halides is 14. The highest BCUT2D eigenvalue weighted by Crippen LogP contribution is 2.48. The van der Waals surface area contributed by atoms with E-state index in [-0.39, 0.29) is 0 Å². The maximum absolute atomic E-state index is 13.3. The summed E-state index contributed by atoms with van der Waals surface area (Å²) in [6, 6.07) is 0. The monoisotopic (exact) mass is 482 g/mol. The van der Waals surface area contributed by atoms with E-state index in [0.717, 1.165) is 0 Å².